The van der Waals surface area contributed by atoms with E-state index >= 15 is 0 Å². The highest BCUT2D eigenvalue weighted by atomic mass is 32.1. The Labute approximate surface area is 139 Å². The highest BCUT2D eigenvalue weighted by molar-refractivity contribution is 7.12. The lowest BCUT2D eigenvalue weighted by atomic mass is 9.98. The van der Waals surface area contributed by atoms with E-state index in [0.29, 0.717) is 30.1 Å². The second-order valence-corrected chi connectivity index (χ2v) is 7.78. The molecule has 1 aromatic heterocycles. The van der Waals surface area contributed by atoms with E-state index in [9.17, 15) is 14.4 Å². The number of carbonyl (C=O) groups is 3. The topological polar surface area (TPSA) is 83.7 Å². The molecule has 1 aromatic rings. The molecule has 3 rings (SSSR count). The molecule has 0 aromatic carbocycles. The van der Waals surface area contributed by atoms with Crippen molar-refractivity contribution in [1.29, 1.82) is 0 Å². The molecule has 0 spiro atoms. The number of nitrogens with two attached hydrogens (primary N) is 1. The quantitative estimate of drug-likeness (QED) is 0.904. The molecule has 0 bridgehead atoms. The van der Waals surface area contributed by atoms with Gasteiger partial charge in [0.2, 0.25) is 11.8 Å². The Balaban J connectivity index is 1.73. The average molecular weight is 335 g/mol. The Bertz CT molecular complexity index is 663. The molecule has 0 unspecified atom stereocenters. The molecule has 1 saturated heterocycles. The van der Waals surface area contributed by atoms with Crippen molar-refractivity contribution in [2.75, 3.05) is 19.6 Å². The van der Waals surface area contributed by atoms with Gasteiger partial charge in [0.1, 0.15) is 0 Å². The van der Waals surface area contributed by atoms with Gasteiger partial charge in [0.25, 0.3) is 5.91 Å². The Morgan fingerprint density at radius 2 is 1.96 bits per heavy atom. The summed E-state index contributed by atoms with van der Waals surface area (Å²) in [6, 6.07) is 1.55. The van der Waals surface area contributed by atoms with Crippen LogP contribution in [0.15, 0.2) is 11.4 Å². The van der Waals surface area contributed by atoms with Crippen LogP contribution in [-0.2, 0) is 4.79 Å². The summed E-state index contributed by atoms with van der Waals surface area (Å²) in [6.07, 6.45) is 1.98. The molecular weight excluding hydrogens is 314 g/mol. The third-order valence-electron chi connectivity index (χ3n) is 4.48. The maximum atomic E-state index is 12.8. The van der Waals surface area contributed by atoms with Gasteiger partial charge in [0, 0.05) is 30.9 Å². The molecule has 23 heavy (non-hydrogen) atoms. The Kier molecular flexibility index (Phi) is 3.91. The first kappa shape index (κ1) is 16.0. The van der Waals surface area contributed by atoms with Crippen LogP contribution < -0.4 is 5.73 Å². The van der Waals surface area contributed by atoms with Gasteiger partial charge < -0.3 is 15.5 Å². The van der Waals surface area contributed by atoms with E-state index in [1.165, 1.54) is 11.3 Å². The van der Waals surface area contributed by atoms with Gasteiger partial charge in [-0.2, -0.15) is 0 Å². The van der Waals surface area contributed by atoms with Crippen LogP contribution >= 0.6 is 11.3 Å². The van der Waals surface area contributed by atoms with E-state index in [1.807, 2.05) is 18.7 Å². The molecule has 2 heterocycles. The van der Waals surface area contributed by atoms with Gasteiger partial charge in [-0.05, 0) is 32.8 Å². The second kappa shape index (κ2) is 5.63. The Morgan fingerprint density at radius 1 is 1.26 bits per heavy atom. The van der Waals surface area contributed by atoms with Crippen LogP contribution in [0.4, 0.5) is 0 Å². The van der Waals surface area contributed by atoms with Crippen molar-refractivity contribution >= 4 is 29.1 Å². The van der Waals surface area contributed by atoms with E-state index in [-0.39, 0.29) is 17.7 Å². The first-order valence-corrected chi connectivity index (χ1v) is 8.66. The number of hydrogen-bond acceptors (Lipinski definition) is 4. The largest absolute Gasteiger partial charge is 0.366 e. The van der Waals surface area contributed by atoms with Gasteiger partial charge in [0.15, 0.2) is 0 Å². The fourth-order valence-corrected chi connectivity index (χ4v) is 3.86. The monoisotopic (exact) mass is 335 g/mol. The molecule has 2 aliphatic rings. The third kappa shape index (κ3) is 3.10. The Morgan fingerprint density at radius 3 is 2.48 bits per heavy atom. The molecule has 7 heteroatoms. The second-order valence-electron chi connectivity index (χ2n) is 6.87. The van der Waals surface area contributed by atoms with Crippen LogP contribution in [0.2, 0.25) is 0 Å². The van der Waals surface area contributed by atoms with E-state index < -0.39 is 11.4 Å². The van der Waals surface area contributed by atoms with Gasteiger partial charge in [-0.3, -0.25) is 14.4 Å². The van der Waals surface area contributed by atoms with Gasteiger partial charge in [0.05, 0.1) is 16.0 Å². The lowest BCUT2D eigenvalue weighted by Crippen LogP contribution is -2.62. The minimum Gasteiger partial charge on any atom is -0.366 e. The van der Waals surface area contributed by atoms with E-state index in [2.05, 4.69) is 0 Å². The summed E-state index contributed by atoms with van der Waals surface area (Å²) in [5, 5.41) is 1.61. The number of rotatable bonds is 3. The lowest BCUT2D eigenvalue weighted by molar-refractivity contribution is -0.136. The number of nitrogens with zero attached hydrogens (tertiary/aromatic N) is 2. The number of piperazine rings is 1. The predicted octanol–water partition coefficient (Wildman–Crippen LogP) is 1.32. The van der Waals surface area contributed by atoms with Crippen molar-refractivity contribution < 1.29 is 14.4 Å². The van der Waals surface area contributed by atoms with Crippen LogP contribution in [0, 0.1) is 5.92 Å². The first-order valence-electron chi connectivity index (χ1n) is 7.79. The van der Waals surface area contributed by atoms with E-state index in [4.69, 9.17) is 5.73 Å². The van der Waals surface area contributed by atoms with Crippen LogP contribution in [0.25, 0.3) is 0 Å². The summed E-state index contributed by atoms with van der Waals surface area (Å²) in [7, 11) is 0. The lowest BCUT2D eigenvalue weighted by Gasteiger charge is -2.47. The van der Waals surface area contributed by atoms with Gasteiger partial charge >= 0.3 is 0 Å². The number of primary amides is 1. The van der Waals surface area contributed by atoms with Crippen molar-refractivity contribution in [3.8, 4) is 0 Å². The molecule has 1 saturated carbocycles. The maximum Gasteiger partial charge on any atom is 0.264 e. The molecule has 124 valence electrons. The first-order chi connectivity index (χ1) is 10.8. The van der Waals surface area contributed by atoms with Gasteiger partial charge in [-0.25, -0.2) is 0 Å². The SMILES string of the molecule is CC1(C)CN(C(=O)C2CC2)CCN1C(=O)c1cc(C(N)=O)cs1. The van der Waals surface area contributed by atoms with Crippen molar-refractivity contribution in [2.45, 2.75) is 32.2 Å². The number of amides is 3. The standard InChI is InChI=1S/C16H21N3O3S/c1-16(2)9-18(14(21)10-3-4-10)5-6-19(16)15(22)12-7-11(8-23-12)13(17)20/h7-8,10H,3-6,9H2,1-2H3,(H2,17,20). The molecule has 3 amide bonds. The zero-order valence-electron chi connectivity index (χ0n) is 13.4. The summed E-state index contributed by atoms with van der Waals surface area (Å²) in [4.78, 5) is 40.4. The highest BCUT2D eigenvalue weighted by Crippen LogP contribution is 2.33. The van der Waals surface area contributed by atoms with Crippen molar-refractivity contribution in [2.24, 2.45) is 11.7 Å². The molecule has 0 radical (unpaired) electrons. The van der Waals surface area contributed by atoms with E-state index in [0.717, 1.165) is 12.8 Å². The van der Waals surface area contributed by atoms with E-state index in [1.54, 1.807) is 16.3 Å². The third-order valence-corrected chi connectivity index (χ3v) is 5.40. The van der Waals surface area contributed by atoms with Crippen molar-refractivity contribution in [3.05, 3.63) is 21.9 Å². The molecular formula is C16H21N3O3S. The maximum absolute atomic E-state index is 12.8. The summed E-state index contributed by atoms with van der Waals surface area (Å²) in [5.41, 5.74) is 5.17. The van der Waals surface area contributed by atoms with Gasteiger partial charge in [-0.1, -0.05) is 0 Å². The van der Waals surface area contributed by atoms with Gasteiger partial charge in [-0.15, -0.1) is 11.3 Å². The predicted molar refractivity (Wildman–Crippen MR) is 87.3 cm³/mol. The van der Waals surface area contributed by atoms with Crippen LogP contribution in [0.1, 0.15) is 46.7 Å². The normalized spacial score (nSPS) is 20.4. The van der Waals surface area contributed by atoms with Crippen molar-refractivity contribution in [1.82, 2.24) is 9.80 Å². The fourth-order valence-electron chi connectivity index (χ4n) is 3.02. The molecule has 6 nitrogen and oxygen atoms in total. The number of carbonyl (C=O) groups excluding carboxylic acids is 3. The number of hydrogen-bond donors (Lipinski definition) is 1. The van der Waals surface area contributed by atoms with Crippen LogP contribution in [0.3, 0.4) is 0 Å². The zero-order valence-corrected chi connectivity index (χ0v) is 14.2. The molecule has 2 fully saturated rings. The average Bonchev–Trinajstić information content (AvgIpc) is 3.20. The summed E-state index contributed by atoms with van der Waals surface area (Å²) in [5.74, 6) is -0.216. The Hall–Kier alpha value is -1.89. The van der Waals surface area contributed by atoms with Crippen LogP contribution in [-0.4, -0.2) is 52.7 Å². The van der Waals surface area contributed by atoms with Crippen molar-refractivity contribution in [3.63, 3.8) is 0 Å². The molecule has 1 aliphatic carbocycles. The fraction of sp³-hybridized carbons (Fsp3) is 0.562. The number of thiophene rings is 1. The van der Waals surface area contributed by atoms with Crippen LogP contribution in [0.5, 0.6) is 0 Å². The zero-order chi connectivity index (χ0) is 16.8. The summed E-state index contributed by atoms with van der Waals surface area (Å²) in [6.45, 7) is 5.56. The minimum absolute atomic E-state index is 0.106. The smallest absolute Gasteiger partial charge is 0.264 e. The highest BCUT2D eigenvalue weighted by Gasteiger charge is 2.42. The summed E-state index contributed by atoms with van der Waals surface area (Å²) < 4.78 is 0. The minimum atomic E-state index is -0.528. The summed E-state index contributed by atoms with van der Waals surface area (Å²) >= 11 is 1.23. The molecule has 2 N–H and O–H groups in total. The molecule has 1 aliphatic heterocycles. The molecule has 0 atom stereocenters.